The highest BCUT2D eigenvalue weighted by molar-refractivity contribution is 5.88. The molecule has 0 saturated heterocycles. The number of carbonyl (C=O) groups is 1. The minimum absolute atomic E-state index is 0.0348. The number of aliphatic hydroxyl groups excluding tert-OH is 1. The lowest BCUT2D eigenvalue weighted by Crippen LogP contribution is -2.44. The highest BCUT2D eigenvalue weighted by atomic mass is 16.3. The standard InChI is InChI=1S/C18H22N4O3/c23-15-6-4-14(5-7-15)22(11-13-2-1-3-16(24)10-13)18(25)21-17-8-9-19-12-20-17/h1-3,8-10,12,14-15,23-24H,4-7,11H2,(H,19,20,21,25). The van der Waals surface area contributed by atoms with Crippen LogP contribution < -0.4 is 5.32 Å². The summed E-state index contributed by atoms with van der Waals surface area (Å²) in [5.74, 6) is 0.615. The van der Waals surface area contributed by atoms with Crippen molar-refractivity contribution in [2.45, 2.75) is 44.4 Å². The van der Waals surface area contributed by atoms with Gasteiger partial charge in [-0.2, -0.15) is 0 Å². The van der Waals surface area contributed by atoms with E-state index in [1.165, 1.54) is 6.33 Å². The van der Waals surface area contributed by atoms with Crippen LogP contribution in [0.3, 0.4) is 0 Å². The molecular weight excluding hydrogens is 320 g/mol. The van der Waals surface area contributed by atoms with Gasteiger partial charge in [0.15, 0.2) is 0 Å². The summed E-state index contributed by atoms with van der Waals surface area (Å²) in [4.78, 5) is 22.4. The highest BCUT2D eigenvalue weighted by Crippen LogP contribution is 2.26. The molecule has 0 radical (unpaired) electrons. The van der Waals surface area contributed by atoms with Gasteiger partial charge in [-0.1, -0.05) is 12.1 Å². The van der Waals surface area contributed by atoms with Crippen molar-refractivity contribution in [3.63, 3.8) is 0 Å². The number of hydrogen-bond acceptors (Lipinski definition) is 5. The number of carbonyl (C=O) groups excluding carboxylic acids is 1. The van der Waals surface area contributed by atoms with Gasteiger partial charge in [-0.25, -0.2) is 14.8 Å². The molecule has 2 amide bonds. The van der Waals surface area contributed by atoms with Crippen LogP contribution in [0.5, 0.6) is 5.75 Å². The first-order chi connectivity index (χ1) is 12.1. The lowest BCUT2D eigenvalue weighted by atomic mass is 9.92. The molecule has 0 atom stereocenters. The van der Waals surface area contributed by atoms with Crippen molar-refractivity contribution >= 4 is 11.8 Å². The fourth-order valence-corrected chi connectivity index (χ4v) is 3.13. The van der Waals surface area contributed by atoms with Crippen LogP contribution in [0.4, 0.5) is 10.6 Å². The van der Waals surface area contributed by atoms with E-state index in [-0.39, 0.29) is 23.9 Å². The zero-order valence-electron chi connectivity index (χ0n) is 13.9. The van der Waals surface area contributed by atoms with Gasteiger partial charge in [-0.3, -0.25) is 5.32 Å². The van der Waals surface area contributed by atoms with E-state index in [1.807, 2.05) is 6.07 Å². The summed E-state index contributed by atoms with van der Waals surface area (Å²) in [7, 11) is 0. The number of urea groups is 1. The van der Waals surface area contributed by atoms with Crippen molar-refractivity contribution in [1.82, 2.24) is 14.9 Å². The van der Waals surface area contributed by atoms with E-state index in [9.17, 15) is 15.0 Å². The zero-order chi connectivity index (χ0) is 17.6. The van der Waals surface area contributed by atoms with Crippen LogP contribution in [0.25, 0.3) is 0 Å². The molecule has 3 N–H and O–H groups in total. The van der Waals surface area contributed by atoms with E-state index in [1.54, 1.807) is 35.4 Å². The first kappa shape index (κ1) is 17.2. The van der Waals surface area contributed by atoms with Crippen molar-refractivity contribution in [1.29, 1.82) is 0 Å². The zero-order valence-corrected chi connectivity index (χ0v) is 13.9. The van der Waals surface area contributed by atoms with E-state index in [0.717, 1.165) is 18.4 Å². The van der Waals surface area contributed by atoms with Crippen molar-refractivity contribution in [2.75, 3.05) is 5.32 Å². The average molecular weight is 342 g/mol. The number of aliphatic hydroxyl groups is 1. The molecule has 1 heterocycles. The number of phenolic OH excluding ortho intramolecular Hbond substituents is 1. The van der Waals surface area contributed by atoms with Crippen molar-refractivity contribution in [3.8, 4) is 5.75 Å². The number of hydrogen-bond donors (Lipinski definition) is 3. The van der Waals surface area contributed by atoms with Crippen LogP contribution in [0.2, 0.25) is 0 Å². The maximum absolute atomic E-state index is 12.8. The molecule has 132 valence electrons. The number of amides is 2. The van der Waals surface area contributed by atoms with Crippen LogP contribution in [-0.2, 0) is 6.54 Å². The Morgan fingerprint density at radius 2 is 2.04 bits per heavy atom. The Bertz CT molecular complexity index is 702. The molecule has 25 heavy (non-hydrogen) atoms. The number of nitrogens with zero attached hydrogens (tertiary/aromatic N) is 3. The van der Waals surface area contributed by atoms with Crippen molar-refractivity contribution in [3.05, 3.63) is 48.4 Å². The predicted octanol–water partition coefficient (Wildman–Crippen LogP) is 2.52. The van der Waals surface area contributed by atoms with E-state index < -0.39 is 0 Å². The Morgan fingerprint density at radius 1 is 1.24 bits per heavy atom. The van der Waals surface area contributed by atoms with Gasteiger partial charge in [0.05, 0.1) is 6.10 Å². The summed E-state index contributed by atoms with van der Waals surface area (Å²) in [5, 5.41) is 22.2. The lowest BCUT2D eigenvalue weighted by Gasteiger charge is -2.35. The number of rotatable bonds is 4. The normalized spacial score (nSPS) is 20.0. The van der Waals surface area contributed by atoms with Crippen molar-refractivity contribution < 1.29 is 15.0 Å². The Morgan fingerprint density at radius 3 is 2.72 bits per heavy atom. The van der Waals surface area contributed by atoms with E-state index in [4.69, 9.17) is 0 Å². The molecule has 1 fully saturated rings. The van der Waals surface area contributed by atoms with E-state index in [0.29, 0.717) is 25.2 Å². The van der Waals surface area contributed by atoms with Gasteiger partial charge in [0.2, 0.25) is 0 Å². The largest absolute Gasteiger partial charge is 0.508 e. The highest BCUT2D eigenvalue weighted by Gasteiger charge is 2.28. The Labute approximate surface area is 146 Å². The minimum Gasteiger partial charge on any atom is -0.508 e. The smallest absolute Gasteiger partial charge is 0.323 e. The molecule has 2 aromatic rings. The average Bonchev–Trinajstić information content (AvgIpc) is 2.61. The van der Waals surface area contributed by atoms with Crippen LogP contribution in [0.15, 0.2) is 42.9 Å². The molecule has 0 spiro atoms. The number of anilines is 1. The Kier molecular flexibility index (Phi) is 5.45. The number of aromatic hydroxyl groups is 1. The van der Waals surface area contributed by atoms with E-state index >= 15 is 0 Å². The number of benzene rings is 1. The number of phenols is 1. The minimum atomic E-state index is -0.288. The summed E-state index contributed by atoms with van der Waals surface area (Å²) < 4.78 is 0. The number of aromatic nitrogens is 2. The molecule has 1 aromatic heterocycles. The summed E-state index contributed by atoms with van der Waals surface area (Å²) in [5.41, 5.74) is 0.851. The van der Waals surface area contributed by atoms with Gasteiger partial charge in [-0.15, -0.1) is 0 Å². The van der Waals surface area contributed by atoms with Crippen molar-refractivity contribution in [2.24, 2.45) is 0 Å². The van der Waals surface area contributed by atoms with Gasteiger partial charge in [-0.05, 0) is 49.4 Å². The summed E-state index contributed by atoms with van der Waals surface area (Å²) in [6, 6.07) is 8.32. The quantitative estimate of drug-likeness (QED) is 0.793. The third kappa shape index (κ3) is 4.67. The van der Waals surface area contributed by atoms with Crippen LogP contribution in [0, 0.1) is 0 Å². The second-order valence-electron chi connectivity index (χ2n) is 6.28. The fourth-order valence-electron chi connectivity index (χ4n) is 3.13. The first-order valence-electron chi connectivity index (χ1n) is 8.41. The van der Waals surface area contributed by atoms with Gasteiger partial charge in [0, 0.05) is 18.8 Å². The molecule has 0 aliphatic heterocycles. The third-order valence-electron chi connectivity index (χ3n) is 4.45. The second kappa shape index (κ2) is 7.94. The second-order valence-corrected chi connectivity index (χ2v) is 6.28. The summed E-state index contributed by atoms with van der Waals surface area (Å²) in [6.07, 6.45) is 5.52. The van der Waals surface area contributed by atoms with Gasteiger partial charge in [0.1, 0.15) is 17.9 Å². The maximum Gasteiger partial charge on any atom is 0.323 e. The molecule has 7 heteroatoms. The molecule has 1 saturated carbocycles. The molecule has 0 bridgehead atoms. The van der Waals surface area contributed by atoms with Gasteiger partial charge in [0.25, 0.3) is 0 Å². The molecule has 1 aromatic carbocycles. The molecule has 3 rings (SSSR count). The molecule has 7 nitrogen and oxygen atoms in total. The third-order valence-corrected chi connectivity index (χ3v) is 4.45. The molecular formula is C18H22N4O3. The Balaban J connectivity index is 1.76. The molecule has 0 unspecified atom stereocenters. The van der Waals surface area contributed by atoms with E-state index in [2.05, 4.69) is 15.3 Å². The topological polar surface area (TPSA) is 98.6 Å². The first-order valence-corrected chi connectivity index (χ1v) is 8.41. The van der Waals surface area contributed by atoms with Crippen LogP contribution in [0.1, 0.15) is 31.2 Å². The molecule has 1 aliphatic carbocycles. The maximum atomic E-state index is 12.8. The fraction of sp³-hybridized carbons (Fsp3) is 0.389. The predicted molar refractivity (Wildman–Crippen MR) is 93.0 cm³/mol. The van der Waals surface area contributed by atoms with Crippen LogP contribution in [-0.4, -0.2) is 43.3 Å². The summed E-state index contributed by atoms with van der Waals surface area (Å²) >= 11 is 0. The van der Waals surface area contributed by atoms with Gasteiger partial charge < -0.3 is 15.1 Å². The molecule has 1 aliphatic rings. The van der Waals surface area contributed by atoms with Gasteiger partial charge >= 0.3 is 6.03 Å². The Hall–Kier alpha value is -2.67. The number of nitrogens with one attached hydrogen (secondary N) is 1. The SMILES string of the molecule is O=C(Nc1ccncn1)N(Cc1cccc(O)c1)C1CCC(O)CC1. The lowest BCUT2D eigenvalue weighted by molar-refractivity contribution is 0.0849. The van der Waals surface area contributed by atoms with Crippen LogP contribution >= 0.6 is 0 Å². The monoisotopic (exact) mass is 342 g/mol. The summed E-state index contributed by atoms with van der Waals surface area (Å²) in [6.45, 7) is 0.381.